The molecule has 1 saturated heterocycles. The Balaban J connectivity index is 1.92. The zero-order valence-corrected chi connectivity index (χ0v) is 18.4. The van der Waals surface area contributed by atoms with Crippen molar-refractivity contribution >= 4 is 46.6 Å². The average Bonchev–Trinajstić information content (AvgIpc) is 2.68. The van der Waals surface area contributed by atoms with Gasteiger partial charge in [-0.25, -0.2) is 4.98 Å². The molecule has 9 heteroatoms. The topological polar surface area (TPSA) is 88.8 Å². The maximum absolute atomic E-state index is 12.7. The maximum atomic E-state index is 12.7. The zero-order valence-electron chi connectivity index (χ0n) is 16.9. The number of benzene rings is 1. The largest absolute Gasteiger partial charge is 0.466 e. The summed E-state index contributed by atoms with van der Waals surface area (Å²) in [6.45, 7) is 5.24. The molecule has 0 saturated carbocycles. The Morgan fingerprint density at radius 3 is 2.67 bits per heavy atom. The number of pyridine rings is 1. The van der Waals surface area contributed by atoms with E-state index in [1.807, 2.05) is 25.1 Å². The third kappa shape index (κ3) is 4.96. The van der Waals surface area contributed by atoms with Gasteiger partial charge in [0.1, 0.15) is 6.42 Å². The predicted octanol–water partition coefficient (Wildman–Crippen LogP) is 3.62. The van der Waals surface area contributed by atoms with Gasteiger partial charge in [-0.05, 0) is 43.2 Å². The average molecular weight is 451 g/mol. The van der Waals surface area contributed by atoms with Gasteiger partial charge in [0.15, 0.2) is 5.82 Å². The van der Waals surface area contributed by atoms with Crippen LogP contribution in [-0.4, -0.2) is 48.0 Å². The quantitative estimate of drug-likeness (QED) is 0.552. The Bertz CT molecular complexity index is 954. The highest BCUT2D eigenvalue weighted by Gasteiger charge is 2.33. The number of carbonyl (C=O) groups is 2. The smallest absolute Gasteiger partial charge is 0.315 e. The number of anilines is 2. The van der Waals surface area contributed by atoms with Gasteiger partial charge in [-0.3, -0.25) is 9.59 Å². The van der Waals surface area contributed by atoms with E-state index in [0.717, 1.165) is 11.1 Å². The Hall–Kier alpha value is -2.51. The normalized spacial score (nSPS) is 16.5. The molecular formula is C21H24Cl2N4O3. The van der Waals surface area contributed by atoms with Crippen molar-refractivity contribution < 1.29 is 14.3 Å². The van der Waals surface area contributed by atoms with Crippen molar-refractivity contribution in [2.24, 2.45) is 0 Å². The Labute approximate surface area is 185 Å². The number of esters is 1. The van der Waals surface area contributed by atoms with Crippen LogP contribution in [0, 0.1) is 6.92 Å². The molecular weight excluding hydrogens is 427 g/mol. The highest BCUT2D eigenvalue weighted by Crippen LogP contribution is 2.35. The maximum Gasteiger partial charge on any atom is 0.315 e. The molecule has 1 aromatic carbocycles. The van der Waals surface area contributed by atoms with E-state index in [2.05, 4.69) is 9.88 Å². The second kappa shape index (κ2) is 9.53. The van der Waals surface area contributed by atoms with E-state index >= 15 is 0 Å². The molecule has 2 heterocycles. The number of aromatic nitrogens is 1. The Kier molecular flexibility index (Phi) is 7.05. The fourth-order valence-electron chi connectivity index (χ4n) is 3.68. The molecule has 0 radical (unpaired) electrons. The first-order valence-electron chi connectivity index (χ1n) is 9.67. The summed E-state index contributed by atoms with van der Waals surface area (Å²) in [5, 5.41) is 1.09. The molecule has 7 nitrogen and oxygen atoms in total. The Morgan fingerprint density at radius 2 is 2.00 bits per heavy atom. The summed E-state index contributed by atoms with van der Waals surface area (Å²) in [7, 11) is 0. The van der Waals surface area contributed by atoms with Gasteiger partial charge >= 0.3 is 5.97 Å². The lowest BCUT2D eigenvalue weighted by molar-refractivity contribution is -0.148. The van der Waals surface area contributed by atoms with Gasteiger partial charge in [0.25, 0.3) is 0 Å². The van der Waals surface area contributed by atoms with E-state index in [4.69, 9.17) is 33.7 Å². The third-order valence-electron chi connectivity index (χ3n) is 5.06. The van der Waals surface area contributed by atoms with Crippen LogP contribution in [0.2, 0.25) is 10.0 Å². The lowest BCUT2D eigenvalue weighted by atomic mass is 9.97. The predicted molar refractivity (Wildman–Crippen MR) is 118 cm³/mol. The van der Waals surface area contributed by atoms with Crippen LogP contribution in [0.4, 0.5) is 11.5 Å². The molecule has 160 valence electrons. The Morgan fingerprint density at radius 1 is 1.23 bits per heavy atom. The van der Waals surface area contributed by atoms with Crippen molar-refractivity contribution in [2.75, 3.05) is 36.9 Å². The van der Waals surface area contributed by atoms with E-state index < -0.39 is 5.97 Å². The van der Waals surface area contributed by atoms with Crippen LogP contribution in [-0.2, 0) is 14.3 Å². The fraction of sp³-hybridized carbons (Fsp3) is 0.381. The van der Waals surface area contributed by atoms with Gasteiger partial charge in [0.2, 0.25) is 5.91 Å². The number of rotatable bonds is 5. The van der Waals surface area contributed by atoms with Crippen molar-refractivity contribution in [3.8, 4) is 0 Å². The number of nitrogens with zero attached hydrogens (tertiary/aromatic N) is 3. The number of nitrogen functional groups attached to an aromatic ring is 1. The van der Waals surface area contributed by atoms with Crippen LogP contribution in [0.5, 0.6) is 0 Å². The van der Waals surface area contributed by atoms with E-state index in [1.165, 1.54) is 0 Å². The van der Waals surface area contributed by atoms with Crippen LogP contribution in [0.1, 0.15) is 30.5 Å². The SMILES string of the molecule is CCOC(=O)CC(=O)N1CCN(c2ncc(Cl)cc2N)C(c2ccc(Cl)cc2C)C1. The molecule has 0 spiro atoms. The number of hydrogen-bond donors (Lipinski definition) is 1. The van der Waals surface area contributed by atoms with Crippen molar-refractivity contribution in [3.05, 3.63) is 51.6 Å². The van der Waals surface area contributed by atoms with Gasteiger partial charge in [-0.2, -0.15) is 0 Å². The van der Waals surface area contributed by atoms with E-state index in [-0.39, 0.29) is 25.0 Å². The second-order valence-corrected chi connectivity index (χ2v) is 7.97. The number of nitrogens with two attached hydrogens (primary N) is 1. The van der Waals surface area contributed by atoms with Crippen molar-refractivity contribution in [1.82, 2.24) is 9.88 Å². The van der Waals surface area contributed by atoms with Gasteiger partial charge in [0.05, 0.1) is 23.4 Å². The zero-order chi connectivity index (χ0) is 21.8. The van der Waals surface area contributed by atoms with Gasteiger partial charge < -0.3 is 20.3 Å². The molecule has 3 rings (SSSR count). The summed E-state index contributed by atoms with van der Waals surface area (Å²) >= 11 is 12.2. The van der Waals surface area contributed by atoms with E-state index in [1.54, 1.807) is 24.1 Å². The standard InChI is InChI=1S/C21H24Cl2N4O3/c1-3-30-20(29)10-19(28)26-6-7-27(21-17(24)9-15(23)11-25-21)18(12-26)16-5-4-14(22)8-13(16)2/h4-5,8-9,11,18H,3,6-7,10,12,24H2,1-2H3. The van der Waals surface area contributed by atoms with Crippen LogP contribution in [0.3, 0.4) is 0 Å². The molecule has 1 fully saturated rings. The molecule has 1 aliphatic heterocycles. The lowest BCUT2D eigenvalue weighted by Gasteiger charge is -2.43. The van der Waals surface area contributed by atoms with Gasteiger partial charge in [0, 0.05) is 30.9 Å². The first kappa shape index (κ1) is 22.2. The number of amides is 1. The summed E-state index contributed by atoms with van der Waals surface area (Å²) in [4.78, 5) is 32.6. The number of aryl methyl sites for hydroxylation is 1. The van der Waals surface area contributed by atoms with Crippen LogP contribution < -0.4 is 10.6 Å². The molecule has 30 heavy (non-hydrogen) atoms. The minimum Gasteiger partial charge on any atom is -0.466 e. The van der Waals surface area contributed by atoms with Crippen LogP contribution in [0.25, 0.3) is 0 Å². The molecule has 2 aromatic rings. The number of halogens is 2. The van der Waals surface area contributed by atoms with Gasteiger partial charge in [-0.15, -0.1) is 0 Å². The third-order valence-corrected chi connectivity index (χ3v) is 5.50. The molecule has 2 N–H and O–H groups in total. The van der Waals surface area contributed by atoms with Crippen LogP contribution >= 0.6 is 23.2 Å². The molecule has 0 bridgehead atoms. The van der Waals surface area contributed by atoms with Crippen molar-refractivity contribution in [1.29, 1.82) is 0 Å². The van der Waals surface area contributed by atoms with E-state index in [0.29, 0.717) is 41.2 Å². The molecule has 1 amide bonds. The summed E-state index contributed by atoms with van der Waals surface area (Å²) < 4.78 is 4.91. The fourth-order valence-corrected chi connectivity index (χ4v) is 4.07. The molecule has 1 atom stereocenters. The second-order valence-electron chi connectivity index (χ2n) is 7.10. The molecule has 0 aliphatic carbocycles. The first-order chi connectivity index (χ1) is 14.3. The highest BCUT2D eigenvalue weighted by molar-refractivity contribution is 6.31. The number of piperazine rings is 1. The molecule has 1 unspecified atom stereocenters. The monoisotopic (exact) mass is 450 g/mol. The van der Waals surface area contributed by atoms with Crippen LogP contribution in [0.15, 0.2) is 30.5 Å². The highest BCUT2D eigenvalue weighted by atomic mass is 35.5. The summed E-state index contributed by atoms with van der Waals surface area (Å²) in [5.74, 6) is -0.175. The number of carbonyl (C=O) groups excluding carboxylic acids is 2. The number of ether oxygens (including phenoxy) is 1. The first-order valence-corrected chi connectivity index (χ1v) is 10.4. The summed E-state index contributed by atoms with van der Waals surface area (Å²) in [6.07, 6.45) is 1.28. The van der Waals surface area contributed by atoms with Crippen molar-refractivity contribution in [3.63, 3.8) is 0 Å². The molecule has 1 aliphatic rings. The number of hydrogen-bond acceptors (Lipinski definition) is 6. The molecule has 1 aromatic heterocycles. The summed E-state index contributed by atoms with van der Waals surface area (Å²) in [6, 6.07) is 7.10. The summed E-state index contributed by atoms with van der Waals surface area (Å²) in [5.41, 5.74) is 8.65. The van der Waals surface area contributed by atoms with Crippen molar-refractivity contribution in [2.45, 2.75) is 26.3 Å². The van der Waals surface area contributed by atoms with E-state index in [9.17, 15) is 9.59 Å². The van der Waals surface area contributed by atoms with Gasteiger partial charge in [-0.1, -0.05) is 29.3 Å². The lowest BCUT2D eigenvalue weighted by Crippen LogP contribution is -2.51. The minimum atomic E-state index is -0.521. The minimum absolute atomic E-state index is 0.210.